The number of ether oxygens (including phenoxy) is 1. The largest absolute Gasteiger partial charge is 0.507 e. The Hall–Kier alpha value is -2.30. The number of hydrogen-bond acceptors (Lipinski definition) is 4. The normalized spacial score (nSPS) is 10.6. The summed E-state index contributed by atoms with van der Waals surface area (Å²) < 4.78 is 5.09. The fourth-order valence-corrected chi connectivity index (χ4v) is 1.96. The molecule has 0 amide bonds. The fraction of sp³-hybridized carbons (Fsp3) is 0.286. The van der Waals surface area contributed by atoms with Crippen molar-refractivity contribution in [2.75, 3.05) is 7.11 Å². The van der Waals surface area contributed by atoms with Crippen molar-refractivity contribution in [2.45, 2.75) is 19.8 Å². The molecule has 5 nitrogen and oxygen atoms in total. The second-order valence-electron chi connectivity index (χ2n) is 4.39. The summed E-state index contributed by atoms with van der Waals surface area (Å²) >= 11 is 0. The Kier molecular flexibility index (Phi) is 3.55. The Bertz CT molecular complexity index is 688. The van der Waals surface area contributed by atoms with E-state index in [2.05, 4.69) is 4.98 Å². The van der Waals surface area contributed by atoms with Crippen molar-refractivity contribution in [1.82, 2.24) is 4.98 Å². The number of carbonyl (C=O) groups is 1. The van der Waals surface area contributed by atoms with Gasteiger partial charge in [-0.3, -0.25) is 4.79 Å². The molecule has 2 N–H and O–H groups in total. The zero-order valence-corrected chi connectivity index (χ0v) is 10.8. The first-order chi connectivity index (χ1) is 9.02. The number of hydrogen-bond donors (Lipinski definition) is 2. The molecular formula is C14H15NO4. The average molecular weight is 261 g/mol. The van der Waals surface area contributed by atoms with Gasteiger partial charge in [0.1, 0.15) is 17.3 Å². The molecule has 0 unspecified atom stereocenters. The van der Waals surface area contributed by atoms with Crippen molar-refractivity contribution in [3.63, 3.8) is 0 Å². The van der Waals surface area contributed by atoms with Gasteiger partial charge in [-0.25, -0.2) is 0 Å². The monoisotopic (exact) mass is 261 g/mol. The topological polar surface area (TPSA) is 79.4 Å². The van der Waals surface area contributed by atoms with E-state index in [4.69, 9.17) is 4.74 Å². The number of aromatic hydroxyl groups is 1. The number of aromatic nitrogens is 1. The minimum Gasteiger partial charge on any atom is -0.507 e. The Morgan fingerprint density at radius 2 is 2.16 bits per heavy atom. The van der Waals surface area contributed by atoms with Crippen LogP contribution < -0.4 is 10.3 Å². The van der Waals surface area contributed by atoms with Crippen molar-refractivity contribution in [2.24, 2.45) is 0 Å². The molecule has 0 aliphatic heterocycles. The molecule has 0 fully saturated rings. The number of carbonyl (C=O) groups excluding carboxylic acids is 1. The molecule has 0 spiro atoms. The van der Waals surface area contributed by atoms with Crippen LogP contribution in [0.25, 0.3) is 10.9 Å². The molecule has 5 heteroatoms. The first kappa shape index (κ1) is 13.1. The van der Waals surface area contributed by atoms with Crippen LogP contribution in [-0.2, 0) is 11.2 Å². The Balaban J connectivity index is 2.58. The maximum Gasteiger partial charge on any atom is 0.255 e. The average Bonchev–Trinajstić information content (AvgIpc) is 2.38. The number of benzene rings is 1. The number of ketones is 1. The number of Topliss-reactive ketones (excluding diaryl/α,β-unsaturated/α-hetero) is 1. The van der Waals surface area contributed by atoms with Gasteiger partial charge in [0.25, 0.3) is 5.56 Å². The van der Waals surface area contributed by atoms with Crippen LogP contribution in [0.4, 0.5) is 0 Å². The first-order valence-electron chi connectivity index (χ1n) is 5.94. The van der Waals surface area contributed by atoms with Gasteiger partial charge in [-0.05, 0) is 31.5 Å². The molecule has 0 saturated heterocycles. The van der Waals surface area contributed by atoms with Crippen LogP contribution in [0.15, 0.2) is 23.0 Å². The molecule has 2 aromatic rings. The van der Waals surface area contributed by atoms with E-state index in [1.807, 2.05) is 0 Å². The summed E-state index contributed by atoms with van der Waals surface area (Å²) in [6.45, 7) is 1.45. The number of fused-ring (bicyclic) bond motifs is 1. The van der Waals surface area contributed by atoms with Crippen molar-refractivity contribution in [3.8, 4) is 11.5 Å². The molecule has 0 bridgehead atoms. The van der Waals surface area contributed by atoms with Crippen molar-refractivity contribution < 1.29 is 14.6 Å². The van der Waals surface area contributed by atoms with Crippen molar-refractivity contribution in [1.29, 1.82) is 0 Å². The molecule has 1 aromatic heterocycles. The summed E-state index contributed by atoms with van der Waals surface area (Å²) in [7, 11) is 1.53. The quantitative estimate of drug-likeness (QED) is 0.879. The zero-order valence-electron chi connectivity index (χ0n) is 10.8. The van der Waals surface area contributed by atoms with E-state index >= 15 is 0 Å². The van der Waals surface area contributed by atoms with E-state index in [0.717, 1.165) is 0 Å². The first-order valence-corrected chi connectivity index (χ1v) is 5.94. The molecule has 1 aromatic carbocycles. The van der Waals surface area contributed by atoms with E-state index in [-0.39, 0.29) is 35.5 Å². The number of rotatable bonds is 4. The Morgan fingerprint density at radius 3 is 2.79 bits per heavy atom. The lowest BCUT2D eigenvalue weighted by molar-refractivity contribution is -0.116. The molecule has 0 aliphatic rings. The lowest BCUT2D eigenvalue weighted by Crippen LogP contribution is -2.14. The van der Waals surface area contributed by atoms with Gasteiger partial charge in [0.2, 0.25) is 0 Å². The van der Waals surface area contributed by atoms with E-state index in [1.165, 1.54) is 14.0 Å². The highest BCUT2D eigenvalue weighted by Crippen LogP contribution is 2.28. The molecular weight excluding hydrogens is 246 g/mol. The Morgan fingerprint density at radius 1 is 1.42 bits per heavy atom. The lowest BCUT2D eigenvalue weighted by atomic mass is 10.1. The third kappa shape index (κ3) is 2.59. The van der Waals surface area contributed by atoms with Crippen LogP contribution in [0, 0.1) is 0 Å². The molecule has 0 saturated carbocycles. The molecule has 2 rings (SSSR count). The number of pyridine rings is 1. The number of H-pyrrole nitrogens is 1. The minimum absolute atomic E-state index is 0.0236. The van der Waals surface area contributed by atoms with Crippen LogP contribution in [-0.4, -0.2) is 23.0 Å². The molecule has 0 aliphatic carbocycles. The van der Waals surface area contributed by atoms with Gasteiger partial charge >= 0.3 is 0 Å². The molecule has 100 valence electrons. The van der Waals surface area contributed by atoms with Crippen LogP contribution >= 0.6 is 0 Å². The van der Waals surface area contributed by atoms with Crippen LogP contribution in [0.5, 0.6) is 11.5 Å². The summed E-state index contributed by atoms with van der Waals surface area (Å²) in [5, 5.41) is 10.7. The third-order valence-electron chi connectivity index (χ3n) is 3.02. The minimum atomic E-state index is -0.364. The van der Waals surface area contributed by atoms with Gasteiger partial charge in [-0.2, -0.15) is 0 Å². The standard InChI is InChI=1S/C14H15NO4/c1-8(16)3-5-10-13(17)11-7-9(19-2)4-6-12(11)15-14(10)18/h4,6-7H,3,5H2,1-2H3,(H2,15,17,18). The molecule has 19 heavy (non-hydrogen) atoms. The van der Waals surface area contributed by atoms with Crippen molar-refractivity contribution >= 4 is 16.7 Å². The zero-order chi connectivity index (χ0) is 14.0. The summed E-state index contributed by atoms with van der Waals surface area (Å²) in [6, 6.07) is 5.02. The number of nitrogens with one attached hydrogen (secondary N) is 1. The maximum atomic E-state index is 11.9. The predicted octanol–water partition coefficient (Wildman–Crippen LogP) is 1.76. The highest BCUT2D eigenvalue weighted by atomic mass is 16.5. The van der Waals surface area contributed by atoms with Gasteiger partial charge < -0.3 is 19.6 Å². The second kappa shape index (κ2) is 5.14. The lowest BCUT2D eigenvalue weighted by Gasteiger charge is -2.08. The van der Waals surface area contributed by atoms with Gasteiger partial charge in [0, 0.05) is 11.8 Å². The van der Waals surface area contributed by atoms with Crippen LogP contribution in [0.2, 0.25) is 0 Å². The van der Waals surface area contributed by atoms with Crippen LogP contribution in [0.3, 0.4) is 0 Å². The molecule has 1 heterocycles. The smallest absolute Gasteiger partial charge is 0.255 e. The SMILES string of the molecule is COc1ccc2[nH]c(=O)c(CCC(C)=O)c(O)c2c1. The molecule has 0 atom stereocenters. The van der Waals surface area contributed by atoms with Gasteiger partial charge in [0.05, 0.1) is 18.2 Å². The second-order valence-corrected chi connectivity index (χ2v) is 4.39. The van der Waals surface area contributed by atoms with E-state index in [1.54, 1.807) is 18.2 Å². The highest BCUT2D eigenvalue weighted by molar-refractivity contribution is 5.87. The van der Waals surface area contributed by atoms with Gasteiger partial charge in [0.15, 0.2) is 0 Å². The van der Waals surface area contributed by atoms with Gasteiger partial charge in [-0.1, -0.05) is 0 Å². The van der Waals surface area contributed by atoms with E-state index < -0.39 is 0 Å². The summed E-state index contributed by atoms with van der Waals surface area (Å²) in [5.74, 6) is 0.482. The molecule has 0 radical (unpaired) electrons. The summed E-state index contributed by atoms with van der Waals surface area (Å²) in [6.07, 6.45) is 0.454. The fourth-order valence-electron chi connectivity index (χ4n) is 1.96. The van der Waals surface area contributed by atoms with E-state index in [0.29, 0.717) is 16.7 Å². The summed E-state index contributed by atoms with van der Waals surface area (Å²) in [4.78, 5) is 25.5. The van der Waals surface area contributed by atoms with E-state index in [9.17, 15) is 14.7 Å². The van der Waals surface area contributed by atoms with Crippen LogP contribution in [0.1, 0.15) is 18.9 Å². The van der Waals surface area contributed by atoms with Crippen molar-refractivity contribution in [3.05, 3.63) is 34.1 Å². The number of aromatic amines is 1. The summed E-state index contributed by atoms with van der Waals surface area (Å²) in [5.41, 5.74) is 0.405. The maximum absolute atomic E-state index is 11.9. The predicted molar refractivity (Wildman–Crippen MR) is 71.8 cm³/mol. The highest BCUT2D eigenvalue weighted by Gasteiger charge is 2.13. The number of methoxy groups -OCH3 is 1. The third-order valence-corrected chi connectivity index (χ3v) is 3.02. The van der Waals surface area contributed by atoms with Gasteiger partial charge in [-0.15, -0.1) is 0 Å². The Labute approximate surface area is 109 Å².